The lowest BCUT2D eigenvalue weighted by molar-refractivity contribution is 0.630. The van der Waals surface area contributed by atoms with Crippen LogP contribution in [0.2, 0.25) is 5.02 Å². The fourth-order valence-electron chi connectivity index (χ4n) is 1.84. The Morgan fingerprint density at radius 3 is 2.75 bits per heavy atom. The van der Waals surface area contributed by atoms with Crippen molar-refractivity contribution >= 4 is 34.4 Å². The van der Waals surface area contributed by atoms with Crippen molar-refractivity contribution in [1.82, 2.24) is 4.98 Å². The standard InChI is InChI=1S/C12H14ClFN6/c13-8-3-7-6(5-19-10(7)4-9(8)14)1-2-18-12(17)20-11(15)16/h3-5,19H,1-2H2,(H6,15,16,17,18,20). The van der Waals surface area contributed by atoms with E-state index in [-0.39, 0.29) is 16.9 Å². The largest absolute Gasteiger partial charge is 0.370 e. The maximum absolute atomic E-state index is 13.3. The van der Waals surface area contributed by atoms with Crippen molar-refractivity contribution in [3.63, 3.8) is 0 Å². The molecule has 20 heavy (non-hydrogen) atoms. The zero-order valence-corrected chi connectivity index (χ0v) is 11.3. The summed E-state index contributed by atoms with van der Waals surface area (Å²) in [5.41, 5.74) is 17.5. The molecule has 1 heterocycles. The first kappa shape index (κ1) is 14.1. The van der Waals surface area contributed by atoms with Gasteiger partial charge in [-0.05, 0) is 24.1 Å². The highest BCUT2D eigenvalue weighted by atomic mass is 35.5. The Hall–Kier alpha value is -2.28. The molecule has 0 saturated heterocycles. The molecule has 0 aliphatic rings. The minimum absolute atomic E-state index is 0.0221. The number of nitrogens with zero attached hydrogens (tertiary/aromatic N) is 2. The van der Waals surface area contributed by atoms with Crippen molar-refractivity contribution in [1.29, 1.82) is 0 Å². The Morgan fingerprint density at radius 2 is 2.05 bits per heavy atom. The predicted molar refractivity (Wildman–Crippen MR) is 79.3 cm³/mol. The maximum atomic E-state index is 13.3. The molecule has 0 fully saturated rings. The van der Waals surface area contributed by atoms with Gasteiger partial charge in [-0.2, -0.15) is 4.99 Å². The van der Waals surface area contributed by atoms with Crippen molar-refractivity contribution in [2.45, 2.75) is 6.42 Å². The van der Waals surface area contributed by atoms with E-state index in [0.717, 1.165) is 10.9 Å². The Labute approximate surface area is 119 Å². The van der Waals surface area contributed by atoms with Crippen LogP contribution in [-0.2, 0) is 6.42 Å². The van der Waals surface area contributed by atoms with E-state index in [4.69, 9.17) is 28.8 Å². The van der Waals surface area contributed by atoms with Crippen LogP contribution in [0.25, 0.3) is 10.9 Å². The fourth-order valence-corrected chi connectivity index (χ4v) is 2.00. The molecule has 8 heteroatoms. The third-order valence-corrected chi connectivity index (χ3v) is 3.00. The lowest BCUT2D eigenvalue weighted by Crippen LogP contribution is -2.26. The van der Waals surface area contributed by atoms with E-state index >= 15 is 0 Å². The number of guanidine groups is 2. The molecule has 6 nitrogen and oxygen atoms in total. The van der Waals surface area contributed by atoms with Gasteiger partial charge in [0.15, 0.2) is 5.96 Å². The Balaban J connectivity index is 2.15. The van der Waals surface area contributed by atoms with Crippen LogP contribution in [0.3, 0.4) is 0 Å². The zero-order chi connectivity index (χ0) is 14.7. The van der Waals surface area contributed by atoms with Crippen LogP contribution >= 0.6 is 11.6 Å². The van der Waals surface area contributed by atoms with Crippen molar-refractivity contribution in [2.75, 3.05) is 6.54 Å². The van der Waals surface area contributed by atoms with Gasteiger partial charge < -0.3 is 22.2 Å². The number of aromatic nitrogens is 1. The lowest BCUT2D eigenvalue weighted by Gasteiger charge is -1.99. The van der Waals surface area contributed by atoms with Gasteiger partial charge in [0.1, 0.15) is 5.82 Å². The zero-order valence-electron chi connectivity index (χ0n) is 10.5. The molecule has 0 radical (unpaired) electrons. The Bertz CT molecular complexity index is 687. The average molecular weight is 297 g/mol. The van der Waals surface area contributed by atoms with Gasteiger partial charge in [0.05, 0.1) is 5.02 Å². The van der Waals surface area contributed by atoms with Crippen LogP contribution in [0.15, 0.2) is 28.3 Å². The fraction of sp³-hybridized carbons (Fsp3) is 0.167. The lowest BCUT2D eigenvalue weighted by atomic mass is 10.1. The SMILES string of the molecule is NC(N)=NC(N)=NCCc1c[nH]c2cc(F)c(Cl)cc12. The van der Waals surface area contributed by atoms with Crippen LogP contribution in [-0.4, -0.2) is 23.4 Å². The Morgan fingerprint density at radius 1 is 1.30 bits per heavy atom. The van der Waals surface area contributed by atoms with Crippen molar-refractivity contribution in [3.05, 3.63) is 34.7 Å². The summed E-state index contributed by atoms with van der Waals surface area (Å²) in [5, 5.41) is 0.939. The minimum Gasteiger partial charge on any atom is -0.370 e. The molecule has 0 amide bonds. The molecule has 0 bridgehead atoms. The molecule has 0 aliphatic heterocycles. The van der Waals surface area contributed by atoms with Gasteiger partial charge in [-0.15, -0.1) is 0 Å². The van der Waals surface area contributed by atoms with E-state index in [1.807, 2.05) is 0 Å². The molecule has 0 saturated carbocycles. The smallest absolute Gasteiger partial charge is 0.218 e. The first-order valence-electron chi connectivity index (χ1n) is 5.82. The number of aliphatic imine (C=N–C) groups is 2. The van der Waals surface area contributed by atoms with Crippen molar-refractivity contribution < 1.29 is 4.39 Å². The van der Waals surface area contributed by atoms with Crippen molar-refractivity contribution in [3.8, 4) is 0 Å². The molecule has 1 aromatic carbocycles. The first-order valence-corrected chi connectivity index (χ1v) is 6.19. The second kappa shape index (κ2) is 5.79. The summed E-state index contributed by atoms with van der Waals surface area (Å²) in [4.78, 5) is 10.6. The summed E-state index contributed by atoms with van der Waals surface area (Å²) in [5.74, 6) is -0.572. The molecule has 0 atom stereocenters. The number of H-pyrrole nitrogens is 1. The first-order chi connectivity index (χ1) is 9.47. The van der Waals surface area contributed by atoms with Crippen molar-refractivity contribution in [2.24, 2.45) is 27.2 Å². The molecule has 0 spiro atoms. The quantitative estimate of drug-likeness (QED) is 0.501. The number of aromatic amines is 1. The van der Waals surface area contributed by atoms with E-state index < -0.39 is 5.82 Å². The van der Waals surface area contributed by atoms with Crippen LogP contribution in [0.5, 0.6) is 0 Å². The number of fused-ring (bicyclic) bond motifs is 1. The maximum Gasteiger partial charge on any atom is 0.218 e. The van der Waals surface area contributed by atoms with E-state index in [0.29, 0.717) is 18.5 Å². The van der Waals surface area contributed by atoms with E-state index in [9.17, 15) is 4.39 Å². The molecule has 1 aromatic heterocycles. The number of hydrogen-bond donors (Lipinski definition) is 4. The van der Waals surface area contributed by atoms with Crippen LogP contribution < -0.4 is 17.2 Å². The average Bonchev–Trinajstić information content (AvgIpc) is 2.72. The normalized spacial score (nSPS) is 11.8. The summed E-state index contributed by atoms with van der Waals surface area (Å²) >= 11 is 5.78. The van der Waals surface area contributed by atoms with E-state index in [1.54, 1.807) is 12.3 Å². The van der Waals surface area contributed by atoms with E-state index in [2.05, 4.69) is 15.0 Å². The number of nitrogens with two attached hydrogens (primary N) is 3. The van der Waals surface area contributed by atoms with Crippen LogP contribution in [0.1, 0.15) is 5.56 Å². The number of nitrogens with one attached hydrogen (secondary N) is 1. The molecule has 0 aliphatic carbocycles. The summed E-state index contributed by atoms with van der Waals surface area (Å²) in [6.07, 6.45) is 2.38. The number of rotatable bonds is 3. The summed E-state index contributed by atoms with van der Waals surface area (Å²) in [7, 11) is 0. The second-order valence-corrected chi connectivity index (χ2v) is 4.56. The number of halogens is 2. The number of hydrogen-bond acceptors (Lipinski definition) is 1. The van der Waals surface area contributed by atoms with Gasteiger partial charge in [-0.3, -0.25) is 4.99 Å². The summed E-state index contributed by atoms with van der Waals surface area (Å²) < 4.78 is 13.3. The molecule has 2 aromatic rings. The summed E-state index contributed by atoms with van der Waals surface area (Å²) in [6, 6.07) is 2.94. The van der Waals surface area contributed by atoms with Gasteiger partial charge in [0.25, 0.3) is 0 Å². The van der Waals surface area contributed by atoms with Crippen LogP contribution in [0.4, 0.5) is 4.39 Å². The topological polar surface area (TPSA) is 119 Å². The van der Waals surface area contributed by atoms with Gasteiger partial charge in [-0.25, -0.2) is 4.39 Å². The molecular weight excluding hydrogens is 283 g/mol. The molecule has 7 N–H and O–H groups in total. The number of benzene rings is 1. The third-order valence-electron chi connectivity index (χ3n) is 2.71. The van der Waals surface area contributed by atoms with Gasteiger partial charge in [0.2, 0.25) is 5.96 Å². The monoisotopic (exact) mass is 296 g/mol. The second-order valence-electron chi connectivity index (χ2n) is 4.15. The van der Waals surface area contributed by atoms with Gasteiger partial charge in [-0.1, -0.05) is 11.6 Å². The molecule has 106 valence electrons. The summed E-state index contributed by atoms with van der Waals surface area (Å²) in [6.45, 7) is 0.407. The molecule has 2 rings (SSSR count). The molecule has 0 unspecified atom stereocenters. The highest BCUT2D eigenvalue weighted by Crippen LogP contribution is 2.25. The molecular formula is C12H14ClFN6. The highest BCUT2D eigenvalue weighted by Gasteiger charge is 2.08. The van der Waals surface area contributed by atoms with Gasteiger partial charge in [0, 0.05) is 23.6 Å². The predicted octanol–water partition coefficient (Wildman–Crippen LogP) is 1.09. The van der Waals surface area contributed by atoms with E-state index in [1.165, 1.54) is 6.07 Å². The highest BCUT2D eigenvalue weighted by molar-refractivity contribution is 6.31. The minimum atomic E-state index is -0.456. The Kier molecular flexibility index (Phi) is 4.09. The third kappa shape index (κ3) is 3.18. The van der Waals surface area contributed by atoms with Gasteiger partial charge >= 0.3 is 0 Å². The van der Waals surface area contributed by atoms with Crippen LogP contribution in [0, 0.1) is 5.82 Å².